The van der Waals surface area contributed by atoms with E-state index < -0.39 is 5.97 Å². The van der Waals surface area contributed by atoms with Crippen LogP contribution in [0.4, 0.5) is 0 Å². The van der Waals surface area contributed by atoms with Gasteiger partial charge in [0, 0.05) is 11.5 Å². The van der Waals surface area contributed by atoms with Crippen LogP contribution in [0, 0.1) is 13.8 Å². The molecular weight excluding hydrogens is 218 g/mol. The first-order valence-electron chi connectivity index (χ1n) is 5.23. The fourth-order valence-corrected chi connectivity index (χ4v) is 1.83. The molecule has 0 radical (unpaired) electrons. The van der Waals surface area contributed by atoms with Crippen LogP contribution in [0.3, 0.4) is 0 Å². The summed E-state index contributed by atoms with van der Waals surface area (Å²) in [6.07, 6.45) is 0. The largest absolute Gasteiger partial charge is 0.507 e. The Morgan fingerprint density at radius 3 is 2.59 bits per heavy atom. The number of aromatic hydroxyl groups is 1. The number of carbonyl (C=O) groups is 1. The number of aromatic nitrogens is 1. The van der Waals surface area contributed by atoms with Gasteiger partial charge in [0.25, 0.3) is 0 Å². The Morgan fingerprint density at radius 1 is 1.29 bits per heavy atom. The Hall–Kier alpha value is -2.10. The van der Waals surface area contributed by atoms with Crippen LogP contribution in [0.15, 0.2) is 18.2 Å². The molecule has 1 aromatic heterocycles. The third kappa shape index (κ3) is 1.82. The molecular formula is C13H13NO3. The molecule has 0 bridgehead atoms. The topological polar surface area (TPSA) is 59.4 Å². The smallest absolute Gasteiger partial charge is 0.356 e. The minimum atomic E-state index is -0.553. The van der Waals surface area contributed by atoms with Crippen LogP contribution in [0.25, 0.3) is 10.9 Å². The van der Waals surface area contributed by atoms with Crippen molar-refractivity contribution in [3.63, 3.8) is 0 Å². The Balaban J connectivity index is 2.82. The number of rotatable bonds is 1. The zero-order valence-corrected chi connectivity index (χ0v) is 9.94. The van der Waals surface area contributed by atoms with Gasteiger partial charge in [0.05, 0.1) is 12.6 Å². The molecule has 0 unspecified atom stereocenters. The molecule has 0 atom stereocenters. The average Bonchev–Trinajstić information content (AvgIpc) is 2.32. The van der Waals surface area contributed by atoms with Crippen molar-refractivity contribution in [1.82, 2.24) is 4.98 Å². The van der Waals surface area contributed by atoms with E-state index in [0.717, 1.165) is 11.1 Å². The van der Waals surface area contributed by atoms with Crippen molar-refractivity contribution in [3.05, 3.63) is 35.0 Å². The Bertz CT molecular complexity index is 605. The van der Waals surface area contributed by atoms with E-state index in [1.807, 2.05) is 26.0 Å². The molecule has 0 aliphatic carbocycles. The number of ether oxygens (including phenoxy) is 1. The maximum absolute atomic E-state index is 11.4. The van der Waals surface area contributed by atoms with Crippen LogP contribution in [0.1, 0.15) is 21.6 Å². The van der Waals surface area contributed by atoms with Crippen molar-refractivity contribution in [2.24, 2.45) is 0 Å². The van der Waals surface area contributed by atoms with Crippen molar-refractivity contribution in [1.29, 1.82) is 0 Å². The van der Waals surface area contributed by atoms with Crippen molar-refractivity contribution >= 4 is 16.9 Å². The van der Waals surface area contributed by atoms with Crippen molar-refractivity contribution in [3.8, 4) is 5.75 Å². The number of fused-ring (bicyclic) bond motifs is 1. The molecule has 0 fully saturated rings. The minimum absolute atomic E-state index is 0.0524. The first-order chi connectivity index (χ1) is 8.04. The summed E-state index contributed by atoms with van der Waals surface area (Å²) < 4.78 is 4.60. The van der Waals surface area contributed by atoms with Crippen molar-refractivity contribution in [2.75, 3.05) is 7.11 Å². The summed E-state index contributed by atoms with van der Waals surface area (Å²) in [5, 5.41) is 10.6. The number of nitrogens with zero attached hydrogens (tertiary/aromatic N) is 1. The van der Waals surface area contributed by atoms with Gasteiger partial charge in [-0.3, -0.25) is 0 Å². The van der Waals surface area contributed by atoms with Crippen LogP contribution in [0.2, 0.25) is 0 Å². The zero-order chi connectivity index (χ0) is 12.6. The van der Waals surface area contributed by atoms with E-state index in [4.69, 9.17) is 0 Å². The molecule has 1 aromatic carbocycles. The quantitative estimate of drug-likeness (QED) is 0.765. The number of hydrogen-bond donors (Lipinski definition) is 1. The number of methoxy groups -OCH3 is 1. The molecule has 1 heterocycles. The fourth-order valence-electron chi connectivity index (χ4n) is 1.83. The maximum atomic E-state index is 11.4. The van der Waals surface area contributed by atoms with Gasteiger partial charge in [0.1, 0.15) is 5.75 Å². The standard InChI is InChI=1S/C13H13NO3/c1-7-4-5-8(2)12-11(7)10(15)6-9(14-12)13(16)17-3/h4-6H,1-3H3,(H,14,15). The van der Waals surface area contributed by atoms with Crippen LogP contribution < -0.4 is 0 Å². The van der Waals surface area contributed by atoms with E-state index in [2.05, 4.69) is 9.72 Å². The maximum Gasteiger partial charge on any atom is 0.356 e. The van der Waals surface area contributed by atoms with Gasteiger partial charge in [-0.15, -0.1) is 0 Å². The molecule has 88 valence electrons. The first kappa shape index (κ1) is 11.4. The highest BCUT2D eigenvalue weighted by molar-refractivity contribution is 5.96. The zero-order valence-electron chi connectivity index (χ0n) is 9.94. The van der Waals surface area contributed by atoms with E-state index in [9.17, 15) is 9.90 Å². The molecule has 17 heavy (non-hydrogen) atoms. The van der Waals surface area contributed by atoms with Gasteiger partial charge in [0.15, 0.2) is 5.69 Å². The van der Waals surface area contributed by atoms with Crippen molar-refractivity contribution in [2.45, 2.75) is 13.8 Å². The van der Waals surface area contributed by atoms with Gasteiger partial charge in [-0.2, -0.15) is 0 Å². The predicted molar refractivity (Wildman–Crippen MR) is 64.2 cm³/mol. The van der Waals surface area contributed by atoms with Crippen LogP contribution in [0.5, 0.6) is 5.75 Å². The molecule has 0 spiro atoms. The van der Waals surface area contributed by atoms with Gasteiger partial charge in [-0.05, 0) is 25.0 Å². The third-order valence-electron chi connectivity index (χ3n) is 2.74. The van der Waals surface area contributed by atoms with Gasteiger partial charge in [-0.25, -0.2) is 9.78 Å². The molecule has 0 saturated heterocycles. The van der Waals surface area contributed by atoms with Gasteiger partial charge >= 0.3 is 5.97 Å². The predicted octanol–water partition coefficient (Wildman–Crippen LogP) is 2.34. The first-order valence-corrected chi connectivity index (χ1v) is 5.23. The summed E-state index contributed by atoms with van der Waals surface area (Å²) >= 11 is 0. The average molecular weight is 231 g/mol. The number of aryl methyl sites for hydroxylation is 2. The van der Waals surface area contributed by atoms with Gasteiger partial charge in [0.2, 0.25) is 0 Å². The highest BCUT2D eigenvalue weighted by Gasteiger charge is 2.14. The molecule has 4 nitrogen and oxygen atoms in total. The molecule has 0 aliphatic rings. The summed E-state index contributed by atoms with van der Waals surface area (Å²) in [7, 11) is 1.29. The van der Waals surface area contributed by atoms with Crippen LogP contribution >= 0.6 is 0 Å². The number of esters is 1. The molecule has 0 saturated carbocycles. The number of pyridine rings is 1. The summed E-state index contributed by atoms with van der Waals surface area (Å²) in [6.45, 7) is 3.77. The lowest BCUT2D eigenvalue weighted by Crippen LogP contribution is -2.05. The molecule has 1 N–H and O–H groups in total. The van der Waals surface area contributed by atoms with E-state index in [1.165, 1.54) is 13.2 Å². The Morgan fingerprint density at radius 2 is 1.94 bits per heavy atom. The second kappa shape index (κ2) is 4.05. The van der Waals surface area contributed by atoms with Gasteiger partial charge < -0.3 is 9.84 Å². The SMILES string of the molecule is COC(=O)c1cc(O)c2c(C)ccc(C)c2n1. The Kier molecular flexibility index (Phi) is 2.71. The molecule has 2 aromatic rings. The second-order valence-corrected chi connectivity index (χ2v) is 3.94. The number of carbonyl (C=O) groups excluding carboxylic acids is 1. The van der Waals surface area contributed by atoms with Gasteiger partial charge in [-0.1, -0.05) is 12.1 Å². The normalized spacial score (nSPS) is 10.5. The van der Waals surface area contributed by atoms with Crippen LogP contribution in [-0.2, 0) is 4.74 Å². The fraction of sp³-hybridized carbons (Fsp3) is 0.231. The van der Waals surface area contributed by atoms with E-state index in [-0.39, 0.29) is 11.4 Å². The lowest BCUT2D eigenvalue weighted by molar-refractivity contribution is 0.0594. The summed E-state index contributed by atoms with van der Waals surface area (Å²) in [4.78, 5) is 15.6. The highest BCUT2D eigenvalue weighted by Crippen LogP contribution is 2.29. The second-order valence-electron chi connectivity index (χ2n) is 3.94. The molecule has 2 rings (SSSR count). The number of hydrogen-bond acceptors (Lipinski definition) is 4. The molecule has 0 amide bonds. The third-order valence-corrected chi connectivity index (χ3v) is 2.74. The molecule has 4 heteroatoms. The minimum Gasteiger partial charge on any atom is -0.507 e. The Labute approximate surface area is 98.9 Å². The summed E-state index contributed by atoms with van der Waals surface area (Å²) in [5.41, 5.74) is 2.58. The van der Waals surface area contributed by atoms with E-state index >= 15 is 0 Å². The number of benzene rings is 1. The van der Waals surface area contributed by atoms with Crippen molar-refractivity contribution < 1.29 is 14.6 Å². The summed E-state index contributed by atoms with van der Waals surface area (Å²) in [5.74, 6) is -0.500. The van der Waals surface area contributed by atoms with Crippen LogP contribution in [-0.4, -0.2) is 23.2 Å². The highest BCUT2D eigenvalue weighted by atomic mass is 16.5. The lowest BCUT2D eigenvalue weighted by Gasteiger charge is -2.08. The summed E-state index contributed by atoms with van der Waals surface area (Å²) in [6, 6.07) is 5.16. The molecule has 0 aliphatic heterocycles. The van der Waals surface area contributed by atoms with E-state index in [1.54, 1.807) is 0 Å². The lowest BCUT2D eigenvalue weighted by atomic mass is 10.0. The monoisotopic (exact) mass is 231 g/mol. The van der Waals surface area contributed by atoms with E-state index in [0.29, 0.717) is 10.9 Å².